The Labute approximate surface area is 96.5 Å². The summed E-state index contributed by atoms with van der Waals surface area (Å²) in [5, 5.41) is 3.34. The van der Waals surface area contributed by atoms with Crippen molar-refractivity contribution in [3.8, 4) is 0 Å². The Morgan fingerprint density at radius 3 is 2.81 bits per heavy atom. The number of nitrogens with one attached hydrogen (secondary N) is 1. The molecule has 1 fully saturated rings. The Kier molecular flexibility index (Phi) is 3.56. The van der Waals surface area contributed by atoms with Crippen molar-refractivity contribution in [3.63, 3.8) is 0 Å². The van der Waals surface area contributed by atoms with Crippen LogP contribution >= 0.6 is 0 Å². The molecule has 88 valence electrons. The quantitative estimate of drug-likeness (QED) is 0.843. The number of likely N-dealkylation sites (N-methyl/N-ethyl adjacent to an activating group) is 1. The van der Waals surface area contributed by atoms with Crippen molar-refractivity contribution < 1.29 is 4.39 Å². The number of benzene rings is 1. The first-order chi connectivity index (χ1) is 7.70. The van der Waals surface area contributed by atoms with Crippen molar-refractivity contribution in [1.82, 2.24) is 10.2 Å². The third kappa shape index (κ3) is 2.25. The zero-order chi connectivity index (χ0) is 11.5. The summed E-state index contributed by atoms with van der Waals surface area (Å²) >= 11 is 0. The molecule has 1 aromatic carbocycles. The van der Waals surface area contributed by atoms with Crippen LogP contribution in [0.2, 0.25) is 0 Å². The Morgan fingerprint density at radius 1 is 1.44 bits per heavy atom. The van der Waals surface area contributed by atoms with E-state index >= 15 is 0 Å². The maximum atomic E-state index is 13.6. The lowest BCUT2D eigenvalue weighted by molar-refractivity contribution is 0.193. The van der Waals surface area contributed by atoms with Gasteiger partial charge in [-0.15, -0.1) is 0 Å². The summed E-state index contributed by atoms with van der Waals surface area (Å²) in [7, 11) is 2.08. The fourth-order valence-electron chi connectivity index (χ4n) is 2.34. The van der Waals surface area contributed by atoms with Crippen molar-refractivity contribution >= 4 is 0 Å². The second-order valence-corrected chi connectivity index (χ2v) is 4.51. The summed E-state index contributed by atoms with van der Waals surface area (Å²) in [6.07, 6.45) is 1.15. The molecule has 2 nitrogen and oxygen atoms in total. The van der Waals surface area contributed by atoms with Crippen LogP contribution in [0, 0.1) is 5.82 Å². The molecule has 1 aliphatic heterocycles. The Balaban J connectivity index is 2.11. The van der Waals surface area contributed by atoms with Crippen LogP contribution < -0.4 is 5.32 Å². The molecule has 0 aliphatic carbocycles. The van der Waals surface area contributed by atoms with Crippen molar-refractivity contribution in [2.75, 3.05) is 20.1 Å². The van der Waals surface area contributed by atoms with Crippen LogP contribution in [-0.4, -0.2) is 31.1 Å². The maximum absolute atomic E-state index is 13.6. The maximum Gasteiger partial charge on any atom is 0.127 e. The van der Waals surface area contributed by atoms with Gasteiger partial charge in [0.2, 0.25) is 0 Å². The standard InChI is InChI=1S/C13H19FN2/c1-10(12-5-3-4-6-13(12)14)16(2)11-7-8-15-9-11/h3-6,10-11,15H,7-9H2,1-2H3. The molecule has 2 atom stereocenters. The van der Waals surface area contributed by atoms with Crippen molar-refractivity contribution in [2.24, 2.45) is 0 Å². The summed E-state index contributed by atoms with van der Waals surface area (Å²) in [4.78, 5) is 2.26. The van der Waals surface area contributed by atoms with Gasteiger partial charge in [-0.3, -0.25) is 4.90 Å². The van der Waals surface area contributed by atoms with E-state index in [0.29, 0.717) is 6.04 Å². The molecule has 1 heterocycles. The summed E-state index contributed by atoms with van der Waals surface area (Å²) in [5.74, 6) is -0.104. The number of halogens is 1. The van der Waals surface area contributed by atoms with Gasteiger partial charge < -0.3 is 5.32 Å². The average molecular weight is 222 g/mol. The van der Waals surface area contributed by atoms with E-state index in [9.17, 15) is 4.39 Å². The van der Waals surface area contributed by atoms with Crippen LogP contribution in [0.4, 0.5) is 4.39 Å². The number of hydrogen-bond donors (Lipinski definition) is 1. The first-order valence-electron chi connectivity index (χ1n) is 5.87. The summed E-state index contributed by atoms with van der Waals surface area (Å²) in [5.41, 5.74) is 0.789. The summed E-state index contributed by atoms with van der Waals surface area (Å²) in [6, 6.07) is 7.70. The fraction of sp³-hybridized carbons (Fsp3) is 0.538. The van der Waals surface area contributed by atoms with E-state index in [1.54, 1.807) is 6.07 Å². The molecule has 2 rings (SSSR count). The topological polar surface area (TPSA) is 15.3 Å². The minimum Gasteiger partial charge on any atom is -0.315 e. The van der Waals surface area contributed by atoms with Crippen molar-refractivity contribution in [1.29, 1.82) is 0 Å². The first kappa shape index (κ1) is 11.6. The molecule has 0 amide bonds. The van der Waals surface area contributed by atoms with Gasteiger partial charge in [0.25, 0.3) is 0 Å². The highest BCUT2D eigenvalue weighted by Crippen LogP contribution is 2.24. The molecule has 0 saturated carbocycles. The van der Waals surface area contributed by atoms with Gasteiger partial charge >= 0.3 is 0 Å². The zero-order valence-corrected chi connectivity index (χ0v) is 9.91. The molecule has 1 aliphatic rings. The third-order valence-corrected chi connectivity index (χ3v) is 3.58. The molecule has 3 heteroatoms. The molecule has 0 bridgehead atoms. The number of rotatable bonds is 3. The Hall–Kier alpha value is -0.930. The van der Waals surface area contributed by atoms with Gasteiger partial charge in [-0.25, -0.2) is 4.39 Å². The lowest BCUT2D eigenvalue weighted by atomic mass is 10.0. The highest BCUT2D eigenvalue weighted by Gasteiger charge is 2.24. The molecular weight excluding hydrogens is 203 g/mol. The lowest BCUT2D eigenvalue weighted by Gasteiger charge is -2.30. The molecule has 1 aromatic rings. The Bertz CT molecular complexity index is 348. The second-order valence-electron chi connectivity index (χ2n) is 4.51. The number of nitrogens with zero attached hydrogens (tertiary/aromatic N) is 1. The SMILES string of the molecule is CC(c1ccccc1F)N(C)C1CCNC1. The minimum atomic E-state index is -0.104. The van der Waals surface area contributed by atoms with Gasteiger partial charge in [0, 0.05) is 24.2 Å². The highest BCUT2D eigenvalue weighted by molar-refractivity contribution is 5.20. The van der Waals surface area contributed by atoms with Crippen molar-refractivity contribution in [3.05, 3.63) is 35.6 Å². The van der Waals surface area contributed by atoms with Gasteiger partial charge in [0.05, 0.1) is 0 Å². The van der Waals surface area contributed by atoms with E-state index in [2.05, 4.69) is 24.2 Å². The highest BCUT2D eigenvalue weighted by atomic mass is 19.1. The lowest BCUT2D eigenvalue weighted by Crippen LogP contribution is -2.35. The van der Waals surface area contributed by atoms with Crippen LogP contribution in [0.3, 0.4) is 0 Å². The van der Waals surface area contributed by atoms with Crippen LogP contribution in [-0.2, 0) is 0 Å². The van der Waals surface area contributed by atoms with E-state index in [-0.39, 0.29) is 11.9 Å². The molecular formula is C13H19FN2. The Morgan fingerprint density at radius 2 is 2.19 bits per heavy atom. The first-order valence-corrected chi connectivity index (χ1v) is 5.87. The largest absolute Gasteiger partial charge is 0.315 e. The van der Waals surface area contributed by atoms with Crippen LogP contribution in [0.25, 0.3) is 0 Å². The van der Waals surface area contributed by atoms with Gasteiger partial charge in [0.15, 0.2) is 0 Å². The zero-order valence-electron chi connectivity index (χ0n) is 9.91. The van der Waals surface area contributed by atoms with Crippen LogP contribution in [0.1, 0.15) is 24.9 Å². The molecule has 2 unspecified atom stereocenters. The summed E-state index contributed by atoms with van der Waals surface area (Å²) < 4.78 is 13.6. The van der Waals surface area contributed by atoms with Gasteiger partial charge in [-0.2, -0.15) is 0 Å². The second kappa shape index (κ2) is 4.93. The van der Waals surface area contributed by atoms with E-state index in [1.807, 2.05) is 12.1 Å². The smallest absolute Gasteiger partial charge is 0.127 e. The van der Waals surface area contributed by atoms with Gasteiger partial charge in [-0.05, 0) is 33.0 Å². The van der Waals surface area contributed by atoms with Gasteiger partial charge in [-0.1, -0.05) is 18.2 Å². The minimum absolute atomic E-state index is 0.104. The molecule has 0 radical (unpaired) electrons. The molecule has 1 N–H and O–H groups in total. The van der Waals surface area contributed by atoms with Crippen molar-refractivity contribution in [2.45, 2.75) is 25.4 Å². The summed E-state index contributed by atoms with van der Waals surface area (Å²) in [6.45, 7) is 4.14. The third-order valence-electron chi connectivity index (χ3n) is 3.58. The molecule has 0 aromatic heterocycles. The fourth-order valence-corrected chi connectivity index (χ4v) is 2.34. The van der Waals surface area contributed by atoms with Gasteiger partial charge in [0.1, 0.15) is 5.82 Å². The monoisotopic (exact) mass is 222 g/mol. The van der Waals surface area contributed by atoms with Crippen LogP contribution in [0.15, 0.2) is 24.3 Å². The predicted octanol–water partition coefficient (Wildman–Crippen LogP) is 2.18. The number of hydrogen-bond acceptors (Lipinski definition) is 2. The normalized spacial score (nSPS) is 22.6. The van der Waals surface area contributed by atoms with E-state index in [4.69, 9.17) is 0 Å². The van der Waals surface area contributed by atoms with E-state index in [0.717, 1.165) is 25.1 Å². The van der Waals surface area contributed by atoms with E-state index in [1.165, 1.54) is 6.07 Å². The predicted molar refractivity (Wildman–Crippen MR) is 63.9 cm³/mol. The molecule has 0 spiro atoms. The van der Waals surface area contributed by atoms with E-state index < -0.39 is 0 Å². The molecule has 16 heavy (non-hydrogen) atoms. The average Bonchev–Trinajstić information content (AvgIpc) is 2.81. The van der Waals surface area contributed by atoms with Crippen LogP contribution in [0.5, 0.6) is 0 Å². The molecule has 1 saturated heterocycles.